The van der Waals surface area contributed by atoms with Crippen LogP contribution in [-0.4, -0.2) is 27.4 Å². The number of aryl methyl sites for hydroxylation is 1. The minimum atomic E-state index is -0.501. The van der Waals surface area contributed by atoms with Crippen LogP contribution in [0.25, 0.3) is 16.9 Å². The SMILES string of the molecule is Cc1ccc(C(=O)CCC(=O)NNC(=O)c2cn(-c3ccccc3)nc2-c2ccccc2)cc1. The minimum Gasteiger partial charge on any atom is -0.294 e. The van der Waals surface area contributed by atoms with E-state index in [0.29, 0.717) is 16.8 Å². The molecule has 0 aliphatic carbocycles. The van der Waals surface area contributed by atoms with Crippen LogP contribution in [0.2, 0.25) is 0 Å². The molecule has 0 atom stereocenters. The van der Waals surface area contributed by atoms with Gasteiger partial charge >= 0.3 is 0 Å². The van der Waals surface area contributed by atoms with E-state index in [9.17, 15) is 14.4 Å². The lowest BCUT2D eigenvalue weighted by molar-refractivity contribution is -0.121. The Kier molecular flexibility index (Phi) is 6.93. The van der Waals surface area contributed by atoms with Gasteiger partial charge in [0.25, 0.3) is 5.91 Å². The number of Topliss-reactive ketones (excluding diaryl/α,β-unsaturated/α-hetero) is 1. The summed E-state index contributed by atoms with van der Waals surface area (Å²) in [5.74, 6) is -1.08. The Balaban J connectivity index is 1.43. The second-order valence-electron chi connectivity index (χ2n) is 7.83. The van der Waals surface area contributed by atoms with E-state index in [1.165, 1.54) is 0 Å². The van der Waals surface area contributed by atoms with Gasteiger partial charge in [0.2, 0.25) is 5.91 Å². The van der Waals surface area contributed by atoms with E-state index >= 15 is 0 Å². The fraction of sp³-hybridized carbons (Fsp3) is 0.111. The highest BCUT2D eigenvalue weighted by atomic mass is 16.2. The maximum absolute atomic E-state index is 12.9. The van der Waals surface area contributed by atoms with Crippen LogP contribution in [0.15, 0.2) is 91.1 Å². The monoisotopic (exact) mass is 452 g/mol. The van der Waals surface area contributed by atoms with Gasteiger partial charge in [-0.25, -0.2) is 4.68 Å². The maximum atomic E-state index is 12.9. The molecule has 0 saturated heterocycles. The van der Waals surface area contributed by atoms with E-state index in [1.807, 2.05) is 79.7 Å². The van der Waals surface area contributed by atoms with Crippen molar-refractivity contribution >= 4 is 17.6 Å². The van der Waals surface area contributed by atoms with Crippen LogP contribution in [0.1, 0.15) is 39.1 Å². The summed E-state index contributed by atoms with van der Waals surface area (Å²) in [6, 6.07) is 26.0. The Morgan fingerprint density at radius 3 is 2.12 bits per heavy atom. The largest absolute Gasteiger partial charge is 0.294 e. The van der Waals surface area contributed by atoms with Crippen molar-refractivity contribution in [3.63, 3.8) is 0 Å². The van der Waals surface area contributed by atoms with Crippen LogP contribution < -0.4 is 10.9 Å². The molecule has 3 aromatic carbocycles. The van der Waals surface area contributed by atoms with E-state index in [-0.39, 0.29) is 18.6 Å². The van der Waals surface area contributed by atoms with E-state index in [4.69, 9.17) is 0 Å². The van der Waals surface area contributed by atoms with Crippen molar-refractivity contribution in [2.75, 3.05) is 0 Å². The number of nitrogens with one attached hydrogen (secondary N) is 2. The molecule has 0 bridgehead atoms. The number of hydrazine groups is 1. The molecule has 170 valence electrons. The first-order valence-corrected chi connectivity index (χ1v) is 10.9. The molecule has 4 aromatic rings. The third kappa shape index (κ3) is 5.45. The predicted octanol–water partition coefficient (Wildman–Crippen LogP) is 4.27. The molecule has 2 amide bonds. The number of amides is 2. The zero-order valence-corrected chi connectivity index (χ0v) is 18.7. The summed E-state index contributed by atoms with van der Waals surface area (Å²) in [4.78, 5) is 37.5. The third-order valence-electron chi connectivity index (χ3n) is 5.29. The highest BCUT2D eigenvalue weighted by molar-refractivity contribution is 6.01. The lowest BCUT2D eigenvalue weighted by atomic mass is 10.1. The number of benzene rings is 3. The standard InChI is InChI=1S/C27H24N4O3/c1-19-12-14-20(15-13-19)24(32)16-17-25(33)28-29-27(34)23-18-31(22-10-6-3-7-11-22)30-26(23)21-8-4-2-5-9-21/h2-15,18H,16-17H2,1H3,(H,28,33)(H,29,34). The Bertz CT molecular complexity index is 1300. The first-order chi connectivity index (χ1) is 16.5. The molecule has 7 nitrogen and oxygen atoms in total. The first-order valence-electron chi connectivity index (χ1n) is 10.9. The average Bonchev–Trinajstić information content (AvgIpc) is 3.33. The van der Waals surface area contributed by atoms with Crippen molar-refractivity contribution in [2.24, 2.45) is 0 Å². The quantitative estimate of drug-likeness (QED) is 0.323. The molecular formula is C27H24N4O3. The number of ketones is 1. The summed E-state index contributed by atoms with van der Waals surface area (Å²) in [5, 5.41) is 4.60. The summed E-state index contributed by atoms with van der Waals surface area (Å²) in [7, 11) is 0. The number of rotatable bonds is 7. The van der Waals surface area contributed by atoms with Gasteiger partial charge in [-0.3, -0.25) is 25.2 Å². The lowest BCUT2D eigenvalue weighted by Crippen LogP contribution is -2.41. The average molecular weight is 453 g/mol. The van der Waals surface area contributed by atoms with Crippen LogP contribution in [0, 0.1) is 6.92 Å². The Hall–Kier alpha value is -4.52. The molecule has 7 heteroatoms. The van der Waals surface area contributed by atoms with Gasteiger partial charge in [-0.15, -0.1) is 0 Å². The summed E-state index contributed by atoms with van der Waals surface area (Å²) in [6.07, 6.45) is 1.63. The highest BCUT2D eigenvalue weighted by Crippen LogP contribution is 2.23. The molecule has 0 fully saturated rings. The lowest BCUT2D eigenvalue weighted by Gasteiger charge is -2.07. The second kappa shape index (κ2) is 10.4. The van der Waals surface area contributed by atoms with Crippen molar-refractivity contribution in [3.05, 3.63) is 108 Å². The molecule has 4 rings (SSSR count). The van der Waals surface area contributed by atoms with Gasteiger partial charge in [0.05, 0.1) is 11.3 Å². The van der Waals surface area contributed by atoms with E-state index in [2.05, 4.69) is 16.0 Å². The summed E-state index contributed by atoms with van der Waals surface area (Å²) in [6.45, 7) is 1.94. The van der Waals surface area contributed by atoms with Crippen molar-refractivity contribution in [3.8, 4) is 16.9 Å². The highest BCUT2D eigenvalue weighted by Gasteiger charge is 2.19. The molecular weight excluding hydrogens is 428 g/mol. The third-order valence-corrected chi connectivity index (χ3v) is 5.29. The smallest absolute Gasteiger partial charge is 0.273 e. The normalized spacial score (nSPS) is 10.5. The maximum Gasteiger partial charge on any atom is 0.273 e. The van der Waals surface area contributed by atoms with E-state index in [0.717, 1.165) is 16.8 Å². The summed E-state index contributed by atoms with van der Waals surface area (Å²) in [5.41, 5.74) is 8.84. The van der Waals surface area contributed by atoms with Gasteiger partial charge < -0.3 is 0 Å². The number of para-hydroxylation sites is 1. The van der Waals surface area contributed by atoms with Crippen LogP contribution in [-0.2, 0) is 4.79 Å². The zero-order valence-electron chi connectivity index (χ0n) is 18.7. The van der Waals surface area contributed by atoms with Crippen LogP contribution in [0.4, 0.5) is 0 Å². The predicted molar refractivity (Wildman–Crippen MR) is 129 cm³/mol. The minimum absolute atomic E-state index is 0.0399. The Morgan fingerprint density at radius 1 is 0.794 bits per heavy atom. The first kappa shape index (κ1) is 22.7. The number of nitrogens with zero attached hydrogens (tertiary/aromatic N) is 2. The Morgan fingerprint density at radius 2 is 1.44 bits per heavy atom. The fourth-order valence-corrected chi connectivity index (χ4v) is 3.43. The summed E-state index contributed by atoms with van der Waals surface area (Å²) >= 11 is 0. The van der Waals surface area contributed by atoms with E-state index in [1.54, 1.807) is 23.0 Å². The number of carbonyl (C=O) groups is 3. The van der Waals surface area contributed by atoms with Crippen molar-refractivity contribution < 1.29 is 14.4 Å². The summed E-state index contributed by atoms with van der Waals surface area (Å²) < 4.78 is 1.62. The molecule has 0 aliphatic rings. The molecule has 1 aromatic heterocycles. The number of hydrogen-bond donors (Lipinski definition) is 2. The molecule has 0 aliphatic heterocycles. The van der Waals surface area contributed by atoms with Gasteiger partial charge in [0.15, 0.2) is 5.78 Å². The van der Waals surface area contributed by atoms with Gasteiger partial charge in [-0.05, 0) is 19.1 Å². The van der Waals surface area contributed by atoms with Crippen molar-refractivity contribution in [1.82, 2.24) is 20.6 Å². The van der Waals surface area contributed by atoms with E-state index < -0.39 is 11.8 Å². The van der Waals surface area contributed by atoms with Crippen LogP contribution >= 0.6 is 0 Å². The van der Waals surface area contributed by atoms with Gasteiger partial charge in [-0.2, -0.15) is 5.10 Å². The van der Waals surface area contributed by atoms with Crippen molar-refractivity contribution in [1.29, 1.82) is 0 Å². The number of carbonyl (C=O) groups excluding carboxylic acids is 3. The second-order valence-corrected chi connectivity index (χ2v) is 7.83. The Labute approximate surface area is 197 Å². The molecule has 34 heavy (non-hydrogen) atoms. The van der Waals surface area contributed by atoms with Crippen molar-refractivity contribution in [2.45, 2.75) is 19.8 Å². The number of aromatic nitrogens is 2. The zero-order chi connectivity index (χ0) is 23.9. The topological polar surface area (TPSA) is 93.1 Å². The molecule has 1 heterocycles. The molecule has 0 radical (unpaired) electrons. The van der Waals surface area contributed by atoms with Gasteiger partial charge in [0.1, 0.15) is 5.69 Å². The molecule has 0 spiro atoms. The number of hydrogen-bond acceptors (Lipinski definition) is 4. The molecule has 0 unspecified atom stereocenters. The van der Waals surface area contributed by atoms with Crippen LogP contribution in [0.5, 0.6) is 0 Å². The fourth-order valence-electron chi connectivity index (χ4n) is 3.43. The molecule has 0 saturated carbocycles. The van der Waals surface area contributed by atoms with Gasteiger partial charge in [-0.1, -0.05) is 78.4 Å². The van der Waals surface area contributed by atoms with Gasteiger partial charge in [0, 0.05) is 30.2 Å². The van der Waals surface area contributed by atoms with Crippen LogP contribution in [0.3, 0.4) is 0 Å². The molecule has 2 N–H and O–H groups in total.